The van der Waals surface area contributed by atoms with Crippen molar-refractivity contribution >= 4 is 0 Å². The number of hydrogen-bond acceptors (Lipinski definition) is 3. The molecule has 1 unspecified atom stereocenters. The van der Waals surface area contributed by atoms with Gasteiger partial charge in [-0.2, -0.15) is 0 Å². The molecule has 0 saturated carbocycles. The first-order valence-corrected chi connectivity index (χ1v) is 7.48. The van der Waals surface area contributed by atoms with Crippen LogP contribution < -0.4 is 5.32 Å². The molecule has 0 radical (unpaired) electrons. The maximum absolute atomic E-state index is 6.13. The molecule has 3 heteroatoms. The van der Waals surface area contributed by atoms with Crippen molar-refractivity contribution in [2.24, 2.45) is 0 Å². The second-order valence-electron chi connectivity index (χ2n) is 4.88. The molecule has 19 heavy (non-hydrogen) atoms. The van der Waals surface area contributed by atoms with Crippen molar-refractivity contribution in [2.75, 3.05) is 13.2 Å². The van der Waals surface area contributed by atoms with Crippen LogP contribution in [0.5, 0.6) is 0 Å². The van der Waals surface area contributed by atoms with Gasteiger partial charge in [0.1, 0.15) is 0 Å². The summed E-state index contributed by atoms with van der Waals surface area (Å²) in [7, 11) is 0. The Hall–Kier alpha value is -0.930. The van der Waals surface area contributed by atoms with Gasteiger partial charge in [0.25, 0.3) is 0 Å². The van der Waals surface area contributed by atoms with E-state index in [1.165, 1.54) is 5.56 Å². The Morgan fingerprint density at radius 3 is 2.47 bits per heavy atom. The molecule has 0 fully saturated rings. The average molecular weight is 264 g/mol. The van der Waals surface area contributed by atoms with E-state index in [4.69, 9.17) is 4.74 Å². The maximum atomic E-state index is 6.13. The first kappa shape index (κ1) is 16.1. The zero-order valence-electron chi connectivity index (χ0n) is 12.8. The Bertz CT molecular complexity index is 336. The molecule has 0 aliphatic carbocycles. The van der Waals surface area contributed by atoms with E-state index >= 15 is 0 Å². The van der Waals surface area contributed by atoms with Gasteiger partial charge in [0.2, 0.25) is 0 Å². The third-order valence-electron chi connectivity index (χ3n) is 3.88. The molecular formula is C16H28N2O. The van der Waals surface area contributed by atoms with E-state index in [0.29, 0.717) is 6.04 Å². The minimum atomic E-state index is -0.0827. The normalized spacial score (nSPS) is 13.5. The molecule has 0 spiro atoms. The van der Waals surface area contributed by atoms with Crippen LogP contribution in [0.3, 0.4) is 0 Å². The van der Waals surface area contributed by atoms with Crippen LogP contribution in [0, 0.1) is 0 Å². The Morgan fingerprint density at radius 2 is 2.00 bits per heavy atom. The molecule has 0 aromatic carbocycles. The summed E-state index contributed by atoms with van der Waals surface area (Å²) in [6.45, 7) is 10.4. The highest BCUT2D eigenvalue weighted by molar-refractivity contribution is 5.12. The van der Waals surface area contributed by atoms with E-state index in [-0.39, 0.29) is 5.60 Å². The molecule has 3 nitrogen and oxygen atoms in total. The van der Waals surface area contributed by atoms with Crippen molar-refractivity contribution < 1.29 is 4.74 Å². The molecule has 1 N–H and O–H groups in total. The highest BCUT2D eigenvalue weighted by Crippen LogP contribution is 2.27. The van der Waals surface area contributed by atoms with E-state index in [2.05, 4.69) is 44.1 Å². The van der Waals surface area contributed by atoms with Crippen molar-refractivity contribution in [3.05, 3.63) is 30.1 Å². The van der Waals surface area contributed by atoms with Crippen LogP contribution in [0.25, 0.3) is 0 Å². The maximum Gasteiger partial charge on any atom is 0.0832 e. The molecule has 1 aromatic rings. The molecule has 0 aliphatic rings. The molecule has 0 aliphatic heterocycles. The Morgan fingerprint density at radius 1 is 1.26 bits per heavy atom. The van der Waals surface area contributed by atoms with Crippen LogP contribution in [0.15, 0.2) is 24.5 Å². The quantitative estimate of drug-likeness (QED) is 0.743. The summed E-state index contributed by atoms with van der Waals surface area (Å²) in [4.78, 5) is 4.21. The highest BCUT2D eigenvalue weighted by atomic mass is 16.5. The van der Waals surface area contributed by atoms with Gasteiger partial charge in [-0.05, 0) is 44.4 Å². The Kier molecular flexibility index (Phi) is 7.03. The first-order chi connectivity index (χ1) is 9.22. The summed E-state index contributed by atoms with van der Waals surface area (Å²) in [5.41, 5.74) is 1.18. The summed E-state index contributed by atoms with van der Waals surface area (Å²) in [5.74, 6) is 0. The van der Waals surface area contributed by atoms with Gasteiger partial charge in [0, 0.05) is 25.0 Å². The van der Waals surface area contributed by atoms with Crippen molar-refractivity contribution in [3.8, 4) is 0 Å². The van der Waals surface area contributed by atoms with Gasteiger partial charge in [-0.3, -0.25) is 4.98 Å². The largest absolute Gasteiger partial charge is 0.374 e. The predicted octanol–water partition coefficient (Wildman–Crippen LogP) is 3.20. The van der Waals surface area contributed by atoms with Gasteiger partial charge in [0.05, 0.1) is 5.60 Å². The lowest BCUT2D eigenvalue weighted by Gasteiger charge is -2.40. The van der Waals surface area contributed by atoms with Gasteiger partial charge >= 0.3 is 0 Å². The SMILES string of the molecule is CCNC(Cc1cccnc1)C(CC)(CC)OCC. The standard InChI is InChI=1S/C16H28N2O/c1-5-16(6-2,19-8-4)15(18-7-3)12-14-10-9-11-17-13-14/h9-11,13,15,18H,5-8,12H2,1-4H3. The number of likely N-dealkylation sites (N-methyl/N-ethyl adjacent to an activating group) is 1. The number of aromatic nitrogens is 1. The fourth-order valence-corrected chi connectivity index (χ4v) is 2.78. The fraction of sp³-hybridized carbons (Fsp3) is 0.688. The average Bonchev–Trinajstić information content (AvgIpc) is 2.46. The number of ether oxygens (including phenoxy) is 1. The van der Waals surface area contributed by atoms with Crippen molar-refractivity contribution in [2.45, 2.75) is 58.6 Å². The zero-order chi connectivity index (χ0) is 14.1. The van der Waals surface area contributed by atoms with Crippen LogP contribution >= 0.6 is 0 Å². The molecule has 0 saturated heterocycles. The van der Waals surface area contributed by atoms with E-state index in [1.807, 2.05) is 18.5 Å². The second-order valence-corrected chi connectivity index (χ2v) is 4.88. The molecule has 1 aromatic heterocycles. The van der Waals surface area contributed by atoms with E-state index in [1.54, 1.807) is 0 Å². The third-order valence-corrected chi connectivity index (χ3v) is 3.88. The van der Waals surface area contributed by atoms with Gasteiger partial charge < -0.3 is 10.1 Å². The van der Waals surface area contributed by atoms with E-state index in [9.17, 15) is 0 Å². The molecule has 108 valence electrons. The lowest BCUT2D eigenvalue weighted by Crippen LogP contribution is -2.53. The van der Waals surface area contributed by atoms with Crippen molar-refractivity contribution in [1.29, 1.82) is 0 Å². The van der Waals surface area contributed by atoms with Crippen LogP contribution in [0.4, 0.5) is 0 Å². The molecular weight excluding hydrogens is 236 g/mol. The number of rotatable bonds is 9. The van der Waals surface area contributed by atoms with Gasteiger partial charge in [0.15, 0.2) is 0 Å². The summed E-state index contributed by atoms with van der Waals surface area (Å²) < 4.78 is 6.13. The van der Waals surface area contributed by atoms with E-state index in [0.717, 1.165) is 32.4 Å². The van der Waals surface area contributed by atoms with Crippen LogP contribution in [0.1, 0.15) is 46.1 Å². The molecule has 1 heterocycles. The monoisotopic (exact) mass is 264 g/mol. The zero-order valence-corrected chi connectivity index (χ0v) is 12.8. The molecule has 0 amide bonds. The lowest BCUT2D eigenvalue weighted by atomic mass is 9.84. The highest BCUT2D eigenvalue weighted by Gasteiger charge is 2.35. The number of pyridine rings is 1. The number of hydrogen-bond donors (Lipinski definition) is 1. The fourth-order valence-electron chi connectivity index (χ4n) is 2.78. The van der Waals surface area contributed by atoms with Crippen LogP contribution in [-0.2, 0) is 11.2 Å². The first-order valence-electron chi connectivity index (χ1n) is 7.48. The minimum Gasteiger partial charge on any atom is -0.374 e. The molecule has 1 atom stereocenters. The summed E-state index contributed by atoms with van der Waals surface area (Å²) in [6, 6.07) is 4.47. The van der Waals surface area contributed by atoms with Gasteiger partial charge in [-0.15, -0.1) is 0 Å². The minimum absolute atomic E-state index is 0.0827. The molecule has 0 bridgehead atoms. The topological polar surface area (TPSA) is 34.2 Å². The number of nitrogens with zero attached hydrogens (tertiary/aromatic N) is 1. The second kappa shape index (κ2) is 8.28. The third kappa shape index (κ3) is 4.29. The van der Waals surface area contributed by atoms with Crippen LogP contribution in [0.2, 0.25) is 0 Å². The summed E-state index contributed by atoms with van der Waals surface area (Å²) in [5, 5.41) is 3.61. The van der Waals surface area contributed by atoms with Gasteiger partial charge in [-0.1, -0.05) is 26.8 Å². The Balaban J connectivity index is 2.90. The smallest absolute Gasteiger partial charge is 0.0832 e. The van der Waals surface area contributed by atoms with Crippen molar-refractivity contribution in [1.82, 2.24) is 10.3 Å². The summed E-state index contributed by atoms with van der Waals surface area (Å²) in [6.07, 6.45) is 6.78. The Labute approximate surface area is 117 Å². The molecule has 1 rings (SSSR count). The van der Waals surface area contributed by atoms with E-state index < -0.39 is 0 Å². The lowest BCUT2D eigenvalue weighted by molar-refractivity contribution is -0.0715. The van der Waals surface area contributed by atoms with Crippen molar-refractivity contribution in [3.63, 3.8) is 0 Å². The summed E-state index contributed by atoms with van der Waals surface area (Å²) >= 11 is 0. The van der Waals surface area contributed by atoms with Crippen LogP contribution in [-0.4, -0.2) is 29.8 Å². The van der Waals surface area contributed by atoms with Gasteiger partial charge in [-0.25, -0.2) is 0 Å². The predicted molar refractivity (Wildman–Crippen MR) is 80.3 cm³/mol. The number of nitrogens with one attached hydrogen (secondary N) is 1.